The third kappa shape index (κ3) is 7.80. The summed E-state index contributed by atoms with van der Waals surface area (Å²) < 4.78 is 34.4. The molecule has 8 nitrogen and oxygen atoms in total. The van der Waals surface area contributed by atoms with E-state index in [1.54, 1.807) is 42.7 Å². The van der Waals surface area contributed by atoms with Crippen molar-refractivity contribution in [3.05, 3.63) is 0 Å². The van der Waals surface area contributed by atoms with Crippen molar-refractivity contribution in [1.29, 1.82) is 0 Å². The van der Waals surface area contributed by atoms with E-state index in [-0.39, 0.29) is 11.6 Å². The summed E-state index contributed by atoms with van der Waals surface area (Å²) in [6.07, 6.45) is 2.82. The molecule has 2 atom stereocenters. The largest absolute Gasteiger partial charge is 0.505 e. The van der Waals surface area contributed by atoms with Crippen molar-refractivity contribution in [3.63, 3.8) is 0 Å². The molecular formula is C17H42N2O6Si2. The predicted molar refractivity (Wildman–Crippen MR) is 112 cm³/mol. The molecule has 0 spiro atoms. The SMILES string of the molecule is CO[Si](CCC(C(CCCN(C)C)[Si](OC)(OC)OC)N(C)C)(OC)OC. The van der Waals surface area contributed by atoms with Crippen molar-refractivity contribution in [2.75, 3.05) is 77.4 Å². The molecule has 0 aliphatic carbocycles. The Labute approximate surface area is 168 Å². The Morgan fingerprint density at radius 1 is 0.704 bits per heavy atom. The molecule has 2 unspecified atom stereocenters. The topological polar surface area (TPSA) is 61.9 Å². The molecule has 0 aliphatic heterocycles. The van der Waals surface area contributed by atoms with E-state index < -0.39 is 17.6 Å². The lowest BCUT2D eigenvalue weighted by atomic mass is 10.1. The standard InChI is InChI=1S/C17H42N2O6Si2/c1-18(2)14-11-12-17(27(23-8,24-9)25-10)16(19(3)4)13-15-26(20-5,21-6)22-7/h16-17H,11-15H2,1-10H3. The Hall–Kier alpha value is 0.114. The van der Waals surface area contributed by atoms with Gasteiger partial charge in [-0.2, -0.15) is 0 Å². The molecule has 0 aliphatic rings. The third-order valence-electron chi connectivity index (χ3n) is 5.24. The molecular weight excluding hydrogens is 384 g/mol. The molecule has 164 valence electrons. The Balaban J connectivity index is 5.60. The zero-order chi connectivity index (χ0) is 21.1. The van der Waals surface area contributed by atoms with Gasteiger partial charge in [0.2, 0.25) is 0 Å². The van der Waals surface area contributed by atoms with Gasteiger partial charge in [-0.25, -0.2) is 0 Å². The first kappa shape index (κ1) is 27.1. The van der Waals surface area contributed by atoms with Crippen LogP contribution in [0.3, 0.4) is 0 Å². The van der Waals surface area contributed by atoms with Crippen LogP contribution in [0.2, 0.25) is 11.6 Å². The van der Waals surface area contributed by atoms with Gasteiger partial charge < -0.3 is 36.4 Å². The monoisotopic (exact) mass is 426 g/mol. The molecule has 0 aromatic carbocycles. The molecule has 27 heavy (non-hydrogen) atoms. The molecule has 0 saturated heterocycles. The van der Waals surface area contributed by atoms with Crippen LogP contribution in [0.4, 0.5) is 0 Å². The molecule has 0 bridgehead atoms. The maximum Gasteiger partial charge on any atom is 0.505 e. The fraction of sp³-hybridized carbons (Fsp3) is 1.00. The summed E-state index contributed by atoms with van der Waals surface area (Å²) in [6.45, 7) is 1.01. The van der Waals surface area contributed by atoms with Crippen LogP contribution in [0, 0.1) is 0 Å². The molecule has 0 radical (unpaired) electrons. The van der Waals surface area contributed by atoms with Crippen LogP contribution in [0.5, 0.6) is 0 Å². The lowest BCUT2D eigenvalue weighted by Crippen LogP contribution is -2.55. The van der Waals surface area contributed by atoms with Crippen molar-refractivity contribution in [3.8, 4) is 0 Å². The molecule has 0 saturated carbocycles. The molecule has 0 N–H and O–H groups in total. The van der Waals surface area contributed by atoms with Gasteiger partial charge in [-0.1, -0.05) is 0 Å². The number of nitrogens with zero attached hydrogens (tertiary/aromatic N) is 2. The number of rotatable bonds is 16. The normalized spacial score (nSPS) is 15.6. The Bertz CT molecular complexity index is 366. The van der Waals surface area contributed by atoms with E-state index in [4.69, 9.17) is 26.6 Å². The van der Waals surface area contributed by atoms with Gasteiger partial charge in [-0.05, 0) is 54.0 Å². The van der Waals surface area contributed by atoms with Crippen LogP contribution < -0.4 is 0 Å². The van der Waals surface area contributed by atoms with Gasteiger partial charge in [0.25, 0.3) is 0 Å². The van der Waals surface area contributed by atoms with Gasteiger partial charge in [0.05, 0.1) is 0 Å². The van der Waals surface area contributed by atoms with Crippen molar-refractivity contribution in [2.24, 2.45) is 0 Å². The highest BCUT2D eigenvalue weighted by Gasteiger charge is 2.52. The summed E-state index contributed by atoms with van der Waals surface area (Å²) in [6, 6.07) is 0.900. The summed E-state index contributed by atoms with van der Waals surface area (Å²) in [4.78, 5) is 4.41. The van der Waals surface area contributed by atoms with E-state index in [9.17, 15) is 0 Å². The van der Waals surface area contributed by atoms with Crippen LogP contribution in [0.15, 0.2) is 0 Å². The van der Waals surface area contributed by atoms with E-state index in [1.165, 1.54) is 0 Å². The highest BCUT2D eigenvalue weighted by atomic mass is 28.4. The average Bonchev–Trinajstić information content (AvgIpc) is 2.66. The van der Waals surface area contributed by atoms with Gasteiger partial charge in [0.15, 0.2) is 0 Å². The molecule has 0 amide bonds. The van der Waals surface area contributed by atoms with Crippen molar-refractivity contribution in [2.45, 2.75) is 36.9 Å². The summed E-state index contributed by atoms with van der Waals surface area (Å²) in [5, 5.41) is 0. The van der Waals surface area contributed by atoms with E-state index in [1.807, 2.05) is 0 Å². The van der Waals surface area contributed by atoms with Gasteiger partial charge >= 0.3 is 17.6 Å². The van der Waals surface area contributed by atoms with Crippen LogP contribution in [-0.2, 0) is 26.6 Å². The van der Waals surface area contributed by atoms with Gasteiger partial charge in [0, 0.05) is 60.3 Å². The van der Waals surface area contributed by atoms with E-state index in [0.717, 1.165) is 25.8 Å². The first-order chi connectivity index (χ1) is 12.7. The lowest BCUT2D eigenvalue weighted by Gasteiger charge is -2.41. The van der Waals surface area contributed by atoms with Gasteiger partial charge in [0.1, 0.15) is 0 Å². The quantitative estimate of drug-likeness (QED) is 0.346. The zero-order valence-electron chi connectivity index (χ0n) is 19.0. The number of hydrogen-bond donors (Lipinski definition) is 0. The van der Waals surface area contributed by atoms with Crippen molar-refractivity contribution < 1.29 is 26.6 Å². The van der Waals surface area contributed by atoms with Crippen LogP contribution in [0.25, 0.3) is 0 Å². The fourth-order valence-electron chi connectivity index (χ4n) is 3.64. The summed E-state index contributed by atoms with van der Waals surface area (Å²) in [5.74, 6) is 0. The highest BCUT2D eigenvalue weighted by Crippen LogP contribution is 2.37. The van der Waals surface area contributed by atoms with Crippen molar-refractivity contribution in [1.82, 2.24) is 9.80 Å². The third-order valence-corrected chi connectivity index (χ3v) is 11.3. The maximum absolute atomic E-state index is 5.87. The molecule has 10 heteroatoms. The van der Waals surface area contributed by atoms with Crippen molar-refractivity contribution >= 4 is 17.6 Å². The highest BCUT2D eigenvalue weighted by molar-refractivity contribution is 6.62. The Morgan fingerprint density at radius 3 is 1.52 bits per heavy atom. The Kier molecular flexibility index (Phi) is 13.4. The van der Waals surface area contributed by atoms with E-state index >= 15 is 0 Å². The summed E-state index contributed by atoms with van der Waals surface area (Å²) in [5.41, 5.74) is 0.129. The average molecular weight is 427 g/mol. The van der Waals surface area contributed by atoms with Gasteiger partial charge in [-0.3, -0.25) is 0 Å². The minimum Gasteiger partial charge on any atom is -0.377 e. The lowest BCUT2D eigenvalue weighted by molar-refractivity contribution is 0.0855. The maximum atomic E-state index is 5.87. The molecule has 0 fully saturated rings. The molecule has 0 aromatic heterocycles. The molecule has 0 aromatic rings. The summed E-state index contributed by atoms with van der Waals surface area (Å²) in [7, 11) is 12.8. The second-order valence-corrected chi connectivity index (χ2v) is 13.4. The van der Waals surface area contributed by atoms with Gasteiger partial charge in [-0.15, -0.1) is 0 Å². The second kappa shape index (κ2) is 13.4. The first-order valence-electron chi connectivity index (χ1n) is 9.33. The van der Waals surface area contributed by atoms with Crippen LogP contribution in [-0.4, -0.2) is 111 Å². The second-order valence-electron chi connectivity index (χ2n) is 7.13. The smallest absolute Gasteiger partial charge is 0.377 e. The predicted octanol–water partition coefficient (Wildman–Crippen LogP) is 1.77. The Morgan fingerprint density at radius 2 is 1.19 bits per heavy atom. The summed E-state index contributed by atoms with van der Waals surface area (Å²) >= 11 is 0. The molecule has 0 heterocycles. The van der Waals surface area contributed by atoms with Crippen LogP contribution >= 0.6 is 0 Å². The van der Waals surface area contributed by atoms with E-state index in [0.29, 0.717) is 6.04 Å². The first-order valence-corrected chi connectivity index (χ1v) is 13.1. The zero-order valence-corrected chi connectivity index (χ0v) is 21.0. The van der Waals surface area contributed by atoms with E-state index in [2.05, 4.69) is 38.0 Å². The number of hydrogen-bond acceptors (Lipinski definition) is 8. The minimum atomic E-state index is -2.84. The molecule has 0 rings (SSSR count). The minimum absolute atomic E-state index is 0.129. The van der Waals surface area contributed by atoms with Crippen LogP contribution in [0.1, 0.15) is 19.3 Å². The fourth-order valence-corrected chi connectivity index (χ4v) is 8.30.